The molecule has 0 aliphatic heterocycles. The topological polar surface area (TPSA) is 0 Å². The average molecular weight is 596 g/mol. The lowest BCUT2D eigenvalue weighted by atomic mass is 9.59. The van der Waals surface area contributed by atoms with Gasteiger partial charge in [-0.2, -0.15) is 0 Å². The van der Waals surface area contributed by atoms with Gasteiger partial charge < -0.3 is 0 Å². The van der Waals surface area contributed by atoms with Crippen LogP contribution < -0.4 is 0 Å². The molecule has 0 bridgehead atoms. The lowest BCUT2D eigenvalue weighted by Crippen LogP contribution is -2.36. The Labute approximate surface area is 246 Å². The second-order valence-corrected chi connectivity index (χ2v) is 14.2. The van der Waals surface area contributed by atoms with Crippen molar-refractivity contribution in [2.24, 2.45) is 47.3 Å². The van der Waals surface area contributed by atoms with E-state index in [2.05, 4.69) is 113 Å². The molecule has 0 aromatic heterocycles. The molecule has 2 heteroatoms. The Kier molecular flexibility index (Phi) is 6.19. The first kappa shape index (κ1) is 24.7. The maximum atomic E-state index is 7.05. The van der Waals surface area contributed by atoms with E-state index in [4.69, 9.17) is 11.6 Å². The van der Waals surface area contributed by atoms with Crippen LogP contribution in [0.3, 0.4) is 0 Å². The molecule has 0 nitrogen and oxygen atoms in total. The van der Waals surface area contributed by atoms with Gasteiger partial charge in [0.2, 0.25) is 0 Å². The summed E-state index contributed by atoms with van der Waals surface area (Å²) in [6, 6.07) is 20.4. The Morgan fingerprint density at radius 3 is 2.49 bits per heavy atom. The molecule has 3 saturated carbocycles. The minimum absolute atomic E-state index is 0.468. The Hall–Kier alpha value is -2.09. The van der Waals surface area contributed by atoms with Crippen LogP contribution in [0.1, 0.15) is 55.1 Å². The van der Waals surface area contributed by atoms with E-state index in [-0.39, 0.29) is 0 Å². The molecule has 10 atom stereocenters. The summed E-state index contributed by atoms with van der Waals surface area (Å²) in [5.74, 6) is 6.04. The summed E-state index contributed by atoms with van der Waals surface area (Å²) in [4.78, 5) is 0. The standard InChI is InChI=1S/C37H36BrCl/c38-33-18-17-26-32-21-30(25-13-6-7-16-34(25)39)29-19-23-11-4-5-12-24(23)20-31(29)35(22-9-2-1-3-10-22)37(32)28-15-8-14-27(33)36(26)28/h1-7,9-13,16-18,20,23,27-32,35-37H,8,14-15,19,21H2. The molecule has 0 N–H and O–H groups in total. The Bertz CT molecular complexity index is 1430. The highest BCUT2D eigenvalue weighted by Gasteiger charge is 2.59. The lowest BCUT2D eigenvalue weighted by molar-refractivity contribution is 0.141. The van der Waals surface area contributed by atoms with E-state index in [0.717, 1.165) is 10.9 Å². The normalized spacial score (nSPS) is 39.8. The first-order valence-electron chi connectivity index (χ1n) is 15.1. The zero-order valence-corrected chi connectivity index (χ0v) is 24.6. The van der Waals surface area contributed by atoms with Crippen LogP contribution in [0.15, 0.2) is 113 Å². The molecule has 39 heavy (non-hydrogen) atoms. The van der Waals surface area contributed by atoms with Crippen molar-refractivity contribution in [3.63, 3.8) is 0 Å². The minimum atomic E-state index is 0.468. The van der Waals surface area contributed by atoms with Crippen LogP contribution in [0.4, 0.5) is 0 Å². The Morgan fingerprint density at radius 2 is 1.62 bits per heavy atom. The van der Waals surface area contributed by atoms with Gasteiger partial charge in [0.1, 0.15) is 0 Å². The summed E-state index contributed by atoms with van der Waals surface area (Å²) >= 11 is 11.1. The summed E-state index contributed by atoms with van der Waals surface area (Å²) in [5, 5.41) is 0.957. The van der Waals surface area contributed by atoms with Gasteiger partial charge >= 0.3 is 0 Å². The number of fused-ring (bicyclic) bond motifs is 5. The molecule has 10 unspecified atom stereocenters. The van der Waals surface area contributed by atoms with Crippen molar-refractivity contribution in [3.8, 4) is 0 Å². The zero-order chi connectivity index (χ0) is 26.1. The molecule has 0 radical (unpaired) electrons. The number of hydrogen-bond donors (Lipinski definition) is 0. The second kappa shape index (κ2) is 9.78. The van der Waals surface area contributed by atoms with Crippen LogP contribution >= 0.6 is 27.5 Å². The Morgan fingerprint density at radius 1 is 0.769 bits per heavy atom. The van der Waals surface area contributed by atoms with Crippen molar-refractivity contribution in [1.29, 1.82) is 0 Å². The van der Waals surface area contributed by atoms with Gasteiger partial charge in [-0.1, -0.05) is 131 Å². The smallest absolute Gasteiger partial charge is 0.0440 e. The molecule has 6 aliphatic carbocycles. The number of benzene rings is 2. The molecular weight excluding hydrogens is 560 g/mol. The second-order valence-electron chi connectivity index (χ2n) is 12.9. The highest BCUT2D eigenvalue weighted by Crippen LogP contribution is 2.68. The van der Waals surface area contributed by atoms with Gasteiger partial charge in [0, 0.05) is 10.9 Å². The van der Waals surface area contributed by atoms with Gasteiger partial charge in [0.05, 0.1) is 0 Å². The molecule has 0 amide bonds. The Balaban J connectivity index is 1.36. The van der Waals surface area contributed by atoms with Crippen molar-refractivity contribution >= 4 is 27.5 Å². The van der Waals surface area contributed by atoms with Gasteiger partial charge in [0.25, 0.3) is 0 Å². The molecule has 8 rings (SSSR count). The fourth-order valence-electron chi connectivity index (χ4n) is 10.1. The molecule has 2 aromatic carbocycles. The third kappa shape index (κ3) is 3.90. The van der Waals surface area contributed by atoms with E-state index in [0.29, 0.717) is 53.3 Å². The van der Waals surface area contributed by atoms with Crippen LogP contribution in [0.2, 0.25) is 5.02 Å². The predicted molar refractivity (Wildman–Crippen MR) is 166 cm³/mol. The average Bonchev–Trinajstić information content (AvgIpc) is 3.20. The lowest BCUT2D eigenvalue weighted by Gasteiger charge is -2.45. The number of rotatable bonds is 2. The van der Waals surface area contributed by atoms with E-state index in [1.54, 1.807) is 11.1 Å². The molecule has 0 spiro atoms. The van der Waals surface area contributed by atoms with Gasteiger partial charge in [-0.05, 0) is 106 Å². The summed E-state index contributed by atoms with van der Waals surface area (Å²) < 4.78 is 1.44. The van der Waals surface area contributed by atoms with Gasteiger partial charge in [-0.15, -0.1) is 0 Å². The first-order chi connectivity index (χ1) is 19.2. The summed E-state index contributed by atoms with van der Waals surface area (Å²) in [5.41, 5.74) is 6.24. The van der Waals surface area contributed by atoms with Gasteiger partial charge in [0.15, 0.2) is 0 Å². The minimum Gasteiger partial charge on any atom is -0.0840 e. The molecule has 198 valence electrons. The van der Waals surface area contributed by atoms with E-state index >= 15 is 0 Å². The van der Waals surface area contributed by atoms with E-state index < -0.39 is 0 Å². The van der Waals surface area contributed by atoms with Gasteiger partial charge in [-0.3, -0.25) is 0 Å². The zero-order valence-electron chi connectivity index (χ0n) is 22.3. The number of hydrogen-bond acceptors (Lipinski definition) is 0. The number of halogens is 2. The van der Waals surface area contributed by atoms with Crippen molar-refractivity contribution in [2.45, 2.75) is 43.9 Å². The molecular formula is C37H36BrCl. The van der Waals surface area contributed by atoms with Crippen LogP contribution in [0, 0.1) is 47.3 Å². The molecule has 0 heterocycles. The van der Waals surface area contributed by atoms with Crippen molar-refractivity contribution in [2.75, 3.05) is 0 Å². The molecule has 6 aliphatic rings. The molecule has 0 saturated heterocycles. The summed E-state index contributed by atoms with van der Waals surface area (Å²) in [6.45, 7) is 0. The monoisotopic (exact) mass is 594 g/mol. The third-order valence-corrected chi connectivity index (χ3v) is 12.6. The molecule has 2 aromatic rings. The maximum Gasteiger partial charge on any atom is 0.0440 e. The van der Waals surface area contributed by atoms with Crippen molar-refractivity contribution in [3.05, 3.63) is 129 Å². The SMILES string of the molecule is Clc1ccccc1C1CC2C3=CC=C(Br)C4CCCC(C34)C2C(c2ccccc2)C2C=C3C=CC=CC3CC12. The summed E-state index contributed by atoms with van der Waals surface area (Å²) in [7, 11) is 0. The van der Waals surface area contributed by atoms with E-state index in [1.165, 1.54) is 47.7 Å². The highest BCUT2D eigenvalue weighted by atomic mass is 79.9. The maximum absolute atomic E-state index is 7.05. The quantitative estimate of drug-likeness (QED) is 0.324. The largest absolute Gasteiger partial charge is 0.0840 e. The van der Waals surface area contributed by atoms with Crippen LogP contribution in [0.5, 0.6) is 0 Å². The van der Waals surface area contributed by atoms with Crippen molar-refractivity contribution < 1.29 is 0 Å². The van der Waals surface area contributed by atoms with Crippen LogP contribution in [-0.2, 0) is 0 Å². The fraction of sp³-hybridized carbons (Fsp3) is 0.405. The van der Waals surface area contributed by atoms with Crippen LogP contribution in [-0.4, -0.2) is 0 Å². The first-order valence-corrected chi connectivity index (χ1v) is 16.3. The predicted octanol–water partition coefficient (Wildman–Crippen LogP) is 10.4. The summed E-state index contributed by atoms with van der Waals surface area (Å²) in [6.07, 6.45) is 23.5. The molecule has 3 fully saturated rings. The fourth-order valence-corrected chi connectivity index (χ4v) is 11.0. The third-order valence-electron chi connectivity index (χ3n) is 11.4. The van der Waals surface area contributed by atoms with Gasteiger partial charge in [-0.25, -0.2) is 0 Å². The van der Waals surface area contributed by atoms with Crippen molar-refractivity contribution in [1.82, 2.24) is 0 Å². The number of allylic oxidation sites excluding steroid dienone is 10. The van der Waals surface area contributed by atoms with E-state index in [9.17, 15) is 0 Å². The van der Waals surface area contributed by atoms with Crippen LogP contribution in [0.25, 0.3) is 0 Å². The highest BCUT2D eigenvalue weighted by molar-refractivity contribution is 9.11. The van der Waals surface area contributed by atoms with E-state index in [1.807, 2.05) is 0 Å².